The first kappa shape index (κ1) is 13.1. The smallest absolute Gasteiger partial charge is 0.246 e. The van der Waals surface area contributed by atoms with Gasteiger partial charge in [-0.3, -0.25) is 19.4 Å². The second-order valence-corrected chi connectivity index (χ2v) is 4.97. The molecule has 0 radical (unpaired) electrons. The minimum Gasteiger partial charge on any atom is -0.303 e. The quantitative estimate of drug-likeness (QED) is 0.538. The summed E-state index contributed by atoms with van der Waals surface area (Å²) in [5, 5.41) is 3.30. The van der Waals surface area contributed by atoms with Crippen molar-refractivity contribution in [3.05, 3.63) is 0 Å². The highest BCUT2D eigenvalue weighted by Crippen LogP contribution is 2.15. The minimum atomic E-state index is -0.327. The third-order valence-electron chi connectivity index (χ3n) is 3.72. The van der Waals surface area contributed by atoms with Crippen LogP contribution >= 0.6 is 0 Å². The molecule has 1 N–H and O–H groups in total. The van der Waals surface area contributed by atoms with E-state index in [0.29, 0.717) is 19.0 Å². The Hall–Kier alpha value is -1.38. The Morgan fingerprint density at radius 1 is 1.39 bits per heavy atom. The molecule has 2 aliphatic rings. The number of nitrogens with one attached hydrogen (secondary N) is 1. The number of hydrogen-bond donors (Lipinski definition) is 1. The van der Waals surface area contributed by atoms with E-state index >= 15 is 0 Å². The van der Waals surface area contributed by atoms with Crippen LogP contribution < -0.4 is 5.32 Å². The van der Waals surface area contributed by atoms with E-state index in [9.17, 15) is 9.59 Å². The van der Waals surface area contributed by atoms with Gasteiger partial charge in [0, 0.05) is 26.2 Å². The van der Waals surface area contributed by atoms with Gasteiger partial charge in [0.2, 0.25) is 11.8 Å². The minimum absolute atomic E-state index is 0.0951. The predicted octanol–water partition coefficient (Wildman–Crippen LogP) is -0.569. The van der Waals surface area contributed by atoms with Crippen molar-refractivity contribution < 1.29 is 9.59 Å². The molecule has 0 aromatic rings. The number of amides is 2. The fraction of sp³-hybridized carbons (Fsp3) is 0.692. The third kappa shape index (κ3) is 2.71. The number of nitrogens with zero attached hydrogens (tertiary/aromatic N) is 2. The summed E-state index contributed by atoms with van der Waals surface area (Å²) in [5.74, 6) is 2.44. The Morgan fingerprint density at radius 2 is 2.06 bits per heavy atom. The molecule has 1 atom stereocenters. The van der Waals surface area contributed by atoms with Crippen molar-refractivity contribution in [1.82, 2.24) is 15.1 Å². The monoisotopic (exact) mass is 249 g/mol. The summed E-state index contributed by atoms with van der Waals surface area (Å²) in [6.45, 7) is 2.59. The number of likely N-dealkylation sites (tertiary alicyclic amines) is 2. The SMILES string of the molecule is C#CCN1CCC(NC2CC(=O)N(C)C2=O)CC1. The largest absolute Gasteiger partial charge is 0.303 e. The van der Waals surface area contributed by atoms with E-state index < -0.39 is 0 Å². The molecule has 0 aliphatic carbocycles. The molecule has 18 heavy (non-hydrogen) atoms. The van der Waals surface area contributed by atoms with Gasteiger partial charge < -0.3 is 5.32 Å². The third-order valence-corrected chi connectivity index (χ3v) is 3.72. The second-order valence-electron chi connectivity index (χ2n) is 4.97. The maximum absolute atomic E-state index is 11.8. The molecule has 2 rings (SSSR count). The summed E-state index contributed by atoms with van der Waals surface area (Å²) in [5.41, 5.74) is 0. The molecule has 1 unspecified atom stereocenters. The first-order chi connectivity index (χ1) is 8.61. The van der Waals surface area contributed by atoms with Gasteiger partial charge in [0.25, 0.3) is 0 Å². The molecule has 0 bridgehead atoms. The Morgan fingerprint density at radius 3 is 2.56 bits per heavy atom. The van der Waals surface area contributed by atoms with Crippen LogP contribution in [0.15, 0.2) is 0 Å². The molecule has 0 spiro atoms. The van der Waals surface area contributed by atoms with Crippen molar-refractivity contribution in [2.45, 2.75) is 31.3 Å². The Kier molecular flexibility index (Phi) is 4.00. The standard InChI is InChI=1S/C13H19N3O2/c1-3-6-16-7-4-10(5-8-16)14-11-9-12(17)15(2)13(11)18/h1,10-11,14H,4-9H2,2H3. The Bertz CT molecular complexity index is 380. The molecule has 5 heteroatoms. The van der Waals surface area contributed by atoms with Gasteiger partial charge in [0.15, 0.2) is 0 Å². The highest BCUT2D eigenvalue weighted by Gasteiger charge is 2.37. The molecule has 98 valence electrons. The van der Waals surface area contributed by atoms with Crippen molar-refractivity contribution in [2.75, 3.05) is 26.7 Å². The number of carbonyl (C=O) groups is 2. The Balaban J connectivity index is 1.81. The number of rotatable bonds is 3. The topological polar surface area (TPSA) is 52.7 Å². The van der Waals surface area contributed by atoms with Gasteiger partial charge in [-0.25, -0.2) is 0 Å². The van der Waals surface area contributed by atoms with E-state index in [-0.39, 0.29) is 17.9 Å². The summed E-state index contributed by atoms with van der Waals surface area (Å²) >= 11 is 0. The summed E-state index contributed by atoms with van der Waals surface area (Å²) in [6, 6.07) is -0.0149. The van der Waals surface area contributed by atoms with E-state index in [2.05, 4.69) is 16.1 Å². The predicted molar refractivity (Wildman–Crippen MR) is 67.6 cm³/mol. The molecular formula is C13H19N3O2. The Labute approximate surface area is 107 Å². The normalized spacial score (nSPS) is 26.7. The molecule has 0 saturated carbocycles. The number of terminal acetylenes is 1. The molecule has 0 aromatic carbocycles. The van der Waals surface area contributed by atoms with Crippen LogP contribution in [0.4, 0.5) is 0 Å². The van der Waals surface area contributed by atoms with Crippen LogP contribution in [0.2, 0.25) is 0 Å². The van der Waals surface area contributed by atoms with Gasteiger partial charge in [-0.2, -0.15) is 0 Å². The number of carbonyl (C=O) groups excluding carboxylic acids is 2. The van der Waals surface area contributed by atoms with Crippen LogP contribution in [-0.4, -0.2) is 60.4 Å². The maximum Gasteiger partial charge on any atom is 0.246 e. The molecule has 2 amide bonds. The lowest BCUT2D eigenvalue weighted by Crippen LogP contribution is -2.48. The summed E-state index contributed by atoms with van der Waals surface area (Å²) in [6.07, 6.45) is 7.52. The van der Waals surface area contributed by atoms with E-state index in [0.717, 1.165) is 25.9 Å². The summed E-state index contributed by atoms with van der Waals surface area (Å²) in [4.78, 5) is 26.6. The summed E-state index contributed by atoms with van der Waals surface area (Å²) in [7, 11) is 1.54. The van der Waals surface area contributed by atoms with Gasteiger partial charge in [0.1, 0.15) is 0 Å². The van der Waals surface area contributed by atoms with Crippen molar-refractivity contribution in [3.63, 3.8) is 0 Å². The maximum atomic E-state index is 11.8. The average Bonchev–Trinajstić information content (AvgIpc) is 2.60. The highest BCUT2D eigenvalue weighted by atomic mass is 16.2. The molecular weight excluding hydrogens is 230 g/mol. The van der Waals surface area contributed by atoms with Gasteiger partial charge in [-0.05, 0) is 12.8 Å². The number of likely N-dealkylation sites (N-methyl/N-ethyl adjacent to an activating group) is 1. The van der Waals surface area contributed by atoms with E-state index in [1.165, 1.54) is 4.90 Å². The number of piperidine rings is 1. The number of imide groups is 1. The van der Waals surface area contributed by atoms with Crippen LogP contribution in [0.5, 0.6) is 0 Å². The lowest BCUT2D eigenvalue weighted by Gasteiger charge is -2.32. The van der Waals surface area contributed by atoms with E-state index in [1.54, 1.807) is 7.05 Å². The van der Waals surface area contributed by atoms with Crippen LogP contribution in [0.1, 0.15) is 19.3 Å². The van der Waals surface area contributed by atoms with Crippen molar-refractivity contribution in [2.24, 2.45) is 0 Å². The molecule has 2 fully saturated rings. The molecule has 2 heterocycles. The zero-order valence-electron chi connectivity index (χ0n) is 10.7. The molecule has 5 nitrogen and oxygen atoms in total. The van der Waals surface area contributed by atoms with Crippen LogP contribution in [0.25, 0.3) is 0 Å². The lowest BCUT2D eigenvalue weighted by molar-refractivity contribution is -0.137. The zero-order valence-corrected chi connectivity index (χ0v) is 10.7. The fourth-order valence-corrected chi connectivity index (χ4v) is 2.56. The van der Waals surface area contributed by atoms with E-state index in [4.69, 9.17) is 6.42 Å². The van der Waals surface area contributed by atoms with Crippen LogP contribution in [-0.2, 0) is 9.59 Å². The van der Waals surface area contributed by atoms with Gasteiger partial charge >= 0.3 is 0 Å². The van der Waals surface area contributed by atoms with Gasteiger partial charge in [-0.1, -0.05) is 5.92 Å². The zero-order chi connectivity index (χ0) is 13.1. The van der Waals surface area contributed by atoms with Gasteiger partial charge in [0.05, 0.1) is 19.0 Å². The van der Waals surface area contributed by atoms with Crippen molar-refractivity contribution in [3.8, 4) is 12.3 Å². The lowest BCUT2D eigenvalue weighted by atomic mass is 10.0. The average molecular weight is 249 g/mol. The van der Waals surface area contributed by atoms with Crippen molar-refractivity contribution in [1.29, 1.82) is 0 Å². The van der Waals surface area contributed by atoms with Crippen LogP contribution in [0.3, 0.4) is 0 Å². The van der Waals surface area contributed by atoms with E-state index in [1.807, 2.05) is 0 Å². The van der Waals surface area contributed by atoms with Crippen molar-refractivity contribution >= 4 is 11.8 Å². The first-order valence-corrected chi connectivity index (χ1v) is 6.34. The van der Waals surface area contributed by atoms with Crippen LogP contribution in [0, 0.1) is 12.3 Å². The molecule has 2 saturated heterocycles. The second kappa shape index (κ2) is 5.51. The first-order valence-electron chi connectivity index (χ1n) is 6.34. The molecule has 0 aromatic heterocycles. The molecule has 2 aliphatic heterocycles. The fourth-order valence-electron chi connectivity index (χ4n) is 2.56. The summed E-state index contributed by atoms with van der Waals surface area (Å²) < 4.78 is 0. The highest BCUT2D eigenvalue weighted by molar-refractivity contribution is 6.05. The number of hydrogen-bond acceptors (Lipinski definition) is 4. The van der Waals surface area contributed by atoms with Gasteiger partial charge in [-0.15, -0.1) is 6.42 Å².